The van der Waals surface area contributed by atoms with Gasteiger partial charge in [0.1, 0.15) is 11.3 Å². The summed E-state index contributed by atoms with van der Waals surface area (Å²) in [7, 11) is 0. The number of carbonyl (C=O) groups is 3. The molecule has 0 bridgehead atoms. The summed E-state index contributed by atoms with van der Waals surface area (Å²) in [6.07, 6.45) is 1.95. The number of nitrogens with one attached hydrogen (secondary N) is 1. The van der Waals surface area contributed by atoms with Crippen LogP contribution in [0, 0.1) is 5.92 Å². The molecule has 30 heavy (non-hydrogen) atoms. The van der Waals surface area contributed by atoms with Crippen molar-refractivity contribution in [2.45, 2.75) is 59.0 Å². The number of aryl methyl sites for hydroxylation is 1. The Bertz CT molecular complexity index is 880. The van der Waals surface area contributed by atoms with Crippen molar-refractivity contribution >= 4 is 17.9 Å². The molecule has 1 heterocycles. The summed E-state index contributed by atoms with van der Waals surface area (Å²) in [6.45, 7) is 7.22. The van der Waals surface area contributed by atoms with Crippen molar-refractivity contribution < 1.29 is 29.3 Å². The van der Waals surface area contributed by atoms with Gasteiger partial charge in [-0.15, -0.1) is 0 Å². The molecule has 2 rings (SSSR count). The molecule has 0 saturated carbocycles. The minimum Gasteiger partial charge on any atom is -0.478 e. The van der Waals surface area contributed by atoms with Crippen molar-refractivity contribution in [1.29, 1.82) is 0 Å². The number of carboxylic acid groups (broad SMARTS) is 2. The standard InChI is InChI=1S/C23H29NO6/c1-5-23(4,6-2)30-22(29)17-14(3)24-19(21(27)28)18(20(25)26)16(17)13-12-15-10-8-7-9-11-15/h7-11,16,24H,5-6,12-13H2,1-4H3,(H,25,26)(H,27,28). The Hall–Kier alpha value is -3.09. The first-order chi connectivity index (χ1) is 14.1. The first-order valence-corrected chi connectivity index (χ1v) is 10.1. The van der Waals surface area contributed by atoms with Gasteiger partial charge < -0.3 is 20.3 Å². The van der Waals surface area contributed by atoms with Gasteiger partial charge in [0.25, 0.3) is 0 Å². The molecule has 0 aromatic heterocycles. The van der Waals surface area contributed by atoms with Crippen LogP contribution in [0.3, 0.4) is 0 Å². The topological polar surface area (TPSA) is 113 Å². The van der Waals surface area contributed by atoms with Gasteiger partial charge in [0.15, 0.2) is 0 Å². The Balaban J connectivity index is 2.48. The quantitative estimate of drug-likeness (QED) is 0.528. The zero-order valence-corrected chi connectivity index (χ0v) is 17.8. The Kier molecular flexibility index (Phi) is 7.43. The molecule has 0 amide bonds. The lowest BCUT2D eigenvalue weighted by Crippen LogP contribution is -2.39. The van der Waals surface area contributed by atoms with Crippen LogP contribution in [0.5, 0.6) is 0 Å². The van der Waals surface area contributed by atoms with Gasteiger partial charge in [0.05, 0.1) is 11.1 Å². The summed E-state index contributed by atoms with van der Waals surface area (Å²) in [4.78, 5) is 36.9. The number of hydrogen-bond donors (Lipinski definition) is 3. The molecule has 0 spiro atoms. The van der Waals surface area contributed by atoms with Gasteiger partial charge in [0.2, 0.25) is 0 Å². The molecule has 0 radical (unpaired) electrons. The SMILES string of the molecule is CCC(C)(CC)OC(=O)C1=C(C)NC(C(=O)O)=C(C(=O)O)C1CCc1ccccc1. The molecule has 0 fully saturated rings. The molecule has 3 N–H and O–H groups in total. The van der Waals surface area contributed by atoms with Crippen LogP contribution < -0.4 is 5.32 Å². The van der Waals surface area contributed by atoms with E-state index in [0.29, 0.717) is 25.0 Å². The van der Waals surface area contributed by atoms with Crippen molar-refractivity contribution in [3.8, 4) is 0 Å². The largest absolute Gasteiger partial charge is 0.478 e. The predicted octanol–water partition coefficient (Wildman–Crippen LogP) is 3.66. The summed E-state index contributed by atoms with van der Waals surface area (Å²) in [5.74, 6) is -4.27. The normalized spacial score (nSPS) is 16.9. The summed E-state index contributed by atoms with van der Waals surface area (Å²) >= 11 is 0. The molecule has 1 aromatic rings. The van der Waals surface area contributed by atoms with Crippen LogP contribution in [0.2, 0.25) is 0 Å². The highest BCUT2D eigenvalue weighted by Crippen LogP contribution is 2.35. The van der Waals surface area contributed by atoms with E-state index < -0.39 is 35.1 Å². The number of rotatable bonds is 9. The molecular weight excluding hydrogens is 386 g/mol. The highest BCUT2D eigenvalue weighted by atomic mass is 16.6. The summed E-state index contributed by atoms with van der Waals surface area (Å²) in [5, 5.41) is 21.9. The van der Waals surface area contributed by atoms with Crippen LogP contribution in [-0.2, 0) is 25.5 Å². The van der Waals surface area contributed by atoms with Gasteiger partial charge in [-0.2, -0.15) is 0 Å². The van der Waals surface area contributed by atoms with E-state index in [1.807, 2.05) is 51.1 Å². The third kappa shape index (κ3) is 5.09. The van der Waals surface area contributed by atoms with Gasteiger partial charge in [-0.05, 0) is 45.1 Å². The third-order valence-corrected chi connectivity index (χ3v) is 5.75. The first kappa shape index (κ1) is 23.2. The number of benzene rings is 1. The third-order valence-electron chi connectivity index (χ3n) is 5.75. The average molecular weight is 415 g/mol. The minimum absolute atomic E-state index is 0.168. The second kappa shape index (κ2) is 9.61. The number of ether oxygens (including phenoxy) is 1. The summed E-state index contributed by atoms with van der Waals surface area (Å²) < 4.78 is 5.75. The maximum Gasteiger partial charge on any atom is 0.352 e. The summed E-state index contributed by atoms with van der Waals surface area (Å²) in [6, 6.07) is 9.44. The lowest BCUT2D eigenvalue weighted by molar-refractivity contribution is -0.154. The smallest absolute Gasteiger partial charge is 0.352 e. The number of hydrogen-bond acceptors (Lipinski definition) is 5. The van der Waals surface area contributed by atoms with Crippen LogP contribution >= 0.6 is 0 Å². The zero-order chi connectivity index (χ0) is 22.5. The maximum atomic E-state index is 13.1. The zero-order valence-electron chi connectivity index (χ0n) is 17.8. The number of carboxylic acids is 2. The van der Waals surface area contributed by atoms with Crippen LogP contribution in [0.25, 0.3) is 0 Å². The van der Waals surface area contributed by atoms with Crippen molar-refractivity contribution in [2.75, 3.05) is 0 Å². The van der Waals surface area contributed by atoms with E-state index in [1.54, 1.807) is 6.92 Å². The molecule has 162 valence electrons. The molecule has 1 unspecified atom stereocenters. The van der Waals surface area contributed by atoms with E-state index in [4.69, 9.17) is 4.74 Å². The lowest BCUT2D eigenvalue weighted by Gasteiger charge is -2.33. The fraction of sp³-hybridized carbons (Fsp3) is 0.435. The fourth-order valence-corrected chi connectivity index (χ4v) is 3.54. The van der Waals surface area contributed by atoms with Crippen LogP contribution in [0.4, 0.5) is 0 Å². The molecule has 0 aliphatic carbocycles. The number of dihydropyridines is 1. The Labute approximate surface area is 176 Å². The number of allylic oxidation sites excluding steroid dienone is 1. The lowest BCUT2D eigenvalue weighted by atomic mass is 9.81. The summed E-state index contributed by atoms with van der Waals surface area (Å²) in [5.41, 5.74) is 0.00890. The van der Waals surface area contributed by atoms with E-state index in [9.17, 15) is 24.6 Å². The molecule has 7 nitrogen and oxygen atoms in total. The monoisotopic (exact) mass is 415 g/mol. The number of esters is 1. The molecular formula is C23H29NO6. The number of aliphatic carboxylic acids is 2. The molecule has 1 aliphatic heterocycles. The molecule has 1 atom stereocenters. The minimum atomic E-state index is -1.38. The van der Waals surface area contributed by atoms with Gasteiger partial charge in [-0.25, -0.2) is 14.4 Å². The molecule has 1 aromatic carbocycles. The van der Waals surface area contributed by atoms with Crippen LogP contribution in [0.1, 0.15) is 52.5 Å². The van der Waals surface area contributed by atoms with E-state index in [-0.39, 0.29) is 17.6 Å². The first-order valence-electron chi connectivity index (χ1n) is 10.1. The van der Waals surface area contributed by atoms with Crippen molar-refractivity contribution in [3.63, 3.8) is 0 Å². The predicted molar refractivity (Wildman–Crippen MR) is 111 cm³/mol. The Morgan fingerprint density at radius 3 is 2.13 bits per heavy atom. The van der Waals surface area contributed by atoms with Crippen LogP contribution in [0.15, 0.2) is 52.9 Å². The average Bonchev–Trinajstić information content (AvgIpc) is 2.71. The van der Waals surface area contributed by atoms with E-state index in [2.05, 4.69) is 5.32 Å². The molecule has 1 aliphatic rings. The van der Waals surface area contributed by atoms with Crippen molar-refractivity contribution in [2.24, 2.45) is 5.92 Å². The molecule has 7 heteroatoms. The second-order valence-corrected chi connectivity index (χ2v) is 7.69. The van der Waals surface area contributed by atoms with Crippen molar-refractivity contribution in [1.82, 2.24) is 5.32 Å². The van der Waals surface area contributed by atoms with Gasteiger partial charge in [-0.3, -0.25) is 0 Å². The number of carbonyl (C=O) groups excluding carboxylic acids is 1. The Morgan fingerprint density at radius 1 is 1.03 bits per heavy atom. The van der Waals surface area contributed by atoms with Gasteiger partial charge >= 0.3 is 17.9 Å². The fourth-order valence-electron chi connectivity index (χ4n) is 3.54. The maximum absolute atomic E-state index is 13.1. The molecule has 0 saturated heterocycles. The van der Waals surface area contributed by atoms with Gasteiger partial charge in [0, 0.05) is 11.6 Å². The van der Waals surface area contributed by atoms with E-state index in [1.165, 1.54) is 0 Å². The second-order valence-electron chi connectivity index (χ2n) is 7.69. The van der Waals surface area contributed by atoms with E-state index >= 15 is 0 Å². The highest BCUT2D eigenvalue weighted by Gasteiger charge is 2.40. The van der Waals surface area contributed by atoms with Crippen LogP contribution in [-0.4, -0.2) is 33.7 Å². The highest BCUT2D eigenvalue weighted by molar-refractivity contribution is 6.03. The van der Waals surface area contributed by atoms with E-state index in [0.717, 1.165) is 5.56 Å². The van der Waals surface area contributed by atoms with Crippen molar-refractivity contribution in [3.05, 3.63) is 58.4 Å². The Morgan fingerprint density at radius 2 is 1.63 bits per heavy atom. The van der Waals surface area contributed by atoms with Gasteiger partial charge in [-0.1, -0.05) is 44.2 Å².